The van der Waals surface area contributed by atoms with E-state index in [0.717, 1.165) is 0 Å². The lowest BCUT2D eigenvalue weighted by Gasteiger charge is -2.09. The molecule has 142 valence electrons. The number of amides is 2. The third kappa shape index (κ3) is 5.45. The molecule has 0 aromatic heterocycles. The maximum absolute atomic E-state index is 12.3. The fourth-order valence-electron chi connectivity index (χ4n) is 1.97. The molecule has 0 radical (unpaired) electrons. The molecular formula is C17H13ClF3N3O3. The minimum atomic E-state index is -5.01. The van der Waals surface area contributed by atoms with Crippen molar-refractivity contribution >= 4 is 34.8 Å². The van der Waals surface area contributed by atoms with Crippen LogP contribution in [0.15, 0.2) is 47.6 Å². The molecule has 6 nitrogen and oxygen atoms in total. The van der Waals surface area contributed by atoms with Crippen molar-refractivity contribution in [2.45, 2.75) is 13.1 Å². The number of halogens is 4. The summed E-state index contributed by atoms with van der Waals surface area (Å²) in [7, 11) is 0. The van der Waals surface area contributed by atoms with Crippen molar-refractivity contribution in [1.82, 2.24) is 5.43 Å². The van der Waals surface area contributed by atoms with E-state index in [0.29, 0.717) is 5.56 Å². The number of phenols is 1. The molecule has 0 fully saturated rings. The van der Waals surface area contributed by atoms with Crippen LogP contribution in [-0.4, -0.2) is 28.8 Å². The highest BCUT2D eigenvalue weighted by Crippen LogP contribution is 2.21. The lowest BCUT2D eigenvalue weighted by atomic mass is 10.1. The fraction of sp³-hybridized carbons (Fsp3) is 0.118. The number of hydrogen-bond acceptors (Lipinski definition) is 4. The molecular weight excluding hydrogens is 387 g/mol. The van der Waals surface area contributed by atoms with Crippen molar-refractivity contribution in [3.63, 3.8) is 0 Å². The van der Waals surface area contributed by atoms with Gasteiger partial charge in [-0.05, 0) is 42.8 Å². The summed E-state index contributed by atoms with van der Waals surface area (Å²) >= 11 is 5.77. The maximum atomic E-state index is 12.3. The van der Waals surface area contributed by atoms with Gasteiger partial charge in [-0.15, -0.1) is 0 Å². The van der Waals surface area contributed by atoms with Gasteiger partial charge in [0.25, 0.3) is 5.91 Å². The number of nitrogens with one attached hydrogen (secondary N) is 2. The van der Waals surface area contributed by atoms with Crippen LogP contribution in [0.25, 0.3) is 0 Å². The molecule has 2 rings (SSSR count). The Kier molecular flexibility index (Phi) is 6.06. The molecule has 0 unspecified atom stereocenters. The van der Waals surface area contributed by atoms with Crippen LogP contribution in [-0.2, 0) is 4.79 Å². The number of aromatic hydroxyl groups is 1. The van der Waals surface area contributed by atoms with Crippen molar-refractivity contribution < 1.29 is 27.9 Å². The van der Waals surface area contributed by atoms with Crippen molar-refractivity contribution in [3.8, 4) is 5.75 Å². The Morgan fingerprint density at radius 3 is 2.52 bits per heavy atom. The first-order valence-corrected chi connectivity index (χ1v) is 7.77. The molecule has 10 heteroatoms. The zero-order valence-corrected chi connectivity index (χ0v) is 14.5. The normalized spacial score (nSPS) is 11.8. The molecule has 0 bridgehead atoms. The van der Waals surface area contributed by atoms with Crippen LogP contribution in [0.3, 0.4) is 0 Å². The number of carbonyl (C=O) groups excluding carboxylic acids is 2. The van der Waals surface area contributed by atoms with Crippen LogP contribution in [0.1, 0.15) is 22.8 Å². The first-order valence-electron chi connectivity index (χ1n) is 7.39. The van der Waals surface area contributed by atoms with Crippen LogP contribution >= 0.6 is 11.6 Å². The summed E-state index contributed by atoms with van der Waals surface area (Å²) in [4.78, 5) is 23.0. The number of anilines is 1. The Labute approximate surface area is 156 Å². The fourth-order valence-corrected chi connectivity index (χ4v) is 2.15. The van der Waals surface area contributed by atoms with Crippen LogP contribution in [0, 0.1) is 0 Å². The Bertz CT molecular complexity index is 914. The quantitative estimate of drug-likeness (QED) is 0.541. The van der Waals surface area contributed by atoms with Gasteiger partial charge in [0.2, 0.25) is 0 Å². The van der Waals surface area contributed by atoms with E-state index < -0.39 is 18.0 Å². The highest BCUT2D eigenvalue weighted by Gasteiger charge is 2.38. The summed E-state index contributed by atoms with van der Waals surface area (Å²) in [5, 5.41) is 15.5. The molecule has 0 heterocycles. The van der Waals surface area contributed by atoms with Gasteiger partial charge in [0.1, 0.15) is 5.75 Å². The molecule has 0 aliphatic carbocycles. The molecule has 0 aliphatic rings. The van der Waals surface area contributed by atoms with Gasteiger partial charge in [-0.2, -0.15) is 18.3 Å². The van der Waals surface area contributed by atoms with Crippen LogP contribution in [0.5, 0.6) is 5.75 Å². The van der Waals surface area contributed by atoms with E-state index >= 15 is 0 Å². The van der Waals surface area contributed by atoms with Crippen molar-refractivity contribution in [2.75, 3.05) is 5.32 Å². The molecule has 2 aromatic carbocycles. The number of nitrogens with zero attached hydrogens (tertiary/aromatic N) is 1. The van der Waals surface area contributed by atoms with E-state index in [1.54, 1.807) is 5.32 Å². The van der Waals surface area contributed by atoms with Crippen LogP contribution in [0.2, 0.25) is 5.02 Å². The van der Waals surface area contributed by atoms with E-state index in [2.05, 4.69) is 10.5 Å². The molecule has 0 saturated heterocycles. The number of alkyl halides is 3. The molecule has 27 heavy (non-hydrogen) atoms. The number of carbonyl (C=O) groups is 2. The number of benzene rings is 2. The Hall–Kier alpha value is -3.07. The molecule has 0 atom stereocenters. The van der Waals surface area contributed by atoms with Crippen molar-refractivity contribution in [2.24, 2.45) is 5.10 Å². The molecule has 2 aromatic rings. The van der Waals surface area contributed by atoms with Gasteiger partial charge in [0.15, 0.2) is 0 Å². The zero-order valence-electron chi connectivity index (χ0n) is 13.8. The van der Waals surface area contributed by atoms with E-state index in [1.165, 1.54) is 49.4 Å². The van der Waals surface area contributed by atoms with E-state index in [4.69, 9.17) is 11.6 Å². The number of rotatable bonds is 4. The van der Waals surface area contributed by atoms with Crippen LogP contribution in [0.4, 0.5) is 18.9 Å². The van der Waals surface area contributed by atoms with Gasteiger partial charge in [0, 0.05) is 10.7 Å². The van der Waals surface area contributed by atoms with Crippen molar-refractivity contribution in [3.05, 3.63) is 58.6 Å². The van der Waals surface area contributed by atoms with Gasteiger partial charge in [0.05, 0.1) is 11.3 Å². The summed E-state index contributed by atoms with van der Waals surface area (Å²) < 4.78 is 36.9. The maximum Gasteiger partial charge on any atom is 0.471 e. The average Bonchev–Trinajstić information content (AvgIpc) is 2.60. The van der Waals surface area contributed by atoms with Gasteiger partial charge in [-0.25, -0.2) is 5.43 Å². The molecule has 0 spiro atoms. The second-order valence-electron chi connectivity index (χ2n) is 5.33. The van der Waals surface area contributed by atoms with Gasteiger partial charge >= 0.3 is 12.1 Å². The van der Waals surface area contributed by atoms with E-state index in [9.17, 15) is 27.9 Å². The van der Waals surface area contributed by atoms with Gasteiger partial charge in [-0.3, -0.25) is 9.59 Å². The van der Waals surface area contributed by atoms with Crippen LogP contribution < -0.4 is 10.7 Å². The van der Waals surface area contributed by atoms with E-state index in [1.807, 2.05) is 0 Å². The first kappa shape index (κ1) is 20.2. The number of hydrogen-bond donors (Lipinski definition) is 3. The molecule has 3 N–H and O–H groups in total. The topological polar surface area (TPSA) is 90.8 Å². The third-order valence-corrected chi connectivity index (χ3v) is 3.56. The minimum Gasteiger partial charge on any atom is -0.507 e. The average molecular weight is 400 g/mol. The molecule has 0 aliphatic heterocycles. The summed E-state index contributed by atoms with van der Waals surface area (Å²) in [6.45, 7) is 1.50. The largest absolute Gasteiger partial charge is 0.507 e. The smallest absolute Gasteiger partial charge is 0.471 e. The SMILES string of the molecule is CC(=NNC(=O)c1cc(Cl)ccc1O)c1cccc(NC(=O)C(F)(F)F)c1. The second-order valence-corrected chi connectivity index (χ2v) is 5.77. The van der Waals surface area contributed by atoms with Gasteiger partial charge < -0.3 is 10.4 Å². The summed E-state index contributed by atoms with van der Waals surface area (Å²) in [5.74, 6) is -3.11. The monoisotopic (exact) mass is 399 g/mol. The number of hydrazone groups is 1. The zero-order chi connectivity index (χ0) is 20.2. The third-order valence-electron chi connectivity index (χ3n) is 3.32. The predicted molar refractivity (Wildman–Crippen MR) is 93.9 cm³/mol. The summed E-state index contributed by atoms with van der Waals surface area (Å²) in [5.41, 5.74) is 2.66. The van der Waals surface area contributed by atoms with Gasteiger partial charge in [-0.1, -0.05) is 23.7 Å². The lowest BCUT2D eigenvalue weighted by molar-refractivity contribution is -0.167. The summed E-state index contributed by atoms with van der Waals surface area (Å²) in [6.07, 6.45) is -5.01. The molecule has 2 amide bonds. The second kappa shape index (κ2) is 8.09. The highest BCUT2D eigenvalue weighted by molar-refractivity contribution is 6.31. The Balaban J connectivity index is 2.14. The van der Waals surface area contributed by atoms with Crippen molar-refractivity contribution in [1.29, 1.82) is 0 Å². The predicted octanol–water partition coefficient (Wildman–Crippen LogP) is 3.70. The lowest BCUT2D eigenvalue weighted by Crippen LogP contribution is -2.29. The standard InChI is InChI=1S/C17H13ClF3N3O3/c1-9(23-24-15(26)13-8-11(18)5-6-14(13)25)10-3-2-4-12(7-10)22-16(27)17(19,20)21/h2-8,25H,1H3,(H,22,27)(H,24,26). The minimum absolute atomic E-state index is 0.0804. The number of phenolic OH excluding ortho intramolecular Hbond substituents is 1. The van der Waals surface area contributed by atoms with E-state index in [-0.39, 0.29) is 27.7 Å². The Morgan fingerprint density at radius 2 is 1.85 bits per heavy atom. The Morgan fingerprint density at radius 1 is 1.15 bits per heavy atom. The summed E-state index contributed by atoms with van der Waals surface area (Å²) in [6, 6.07) is 9.42. The first-order chi connectivity index (χ1) is 12.6. The highest BCUT2D eigenvalue weighted by atomic mass is 35.5. The molecule has 0 saturated carbocycles.